The number of fused-ring (bicyclic) bond motifs is 1. The third kappa shape index (κ3) is 8.50. The lowest BCUT2D eigenvalue weighted by atomic mass is 10.0. The maximum Gasteiger partial charge on any atom is 0.354 e. The first-order valence-electron chi connectivity index (χ1n) is 13.0. The Bertz CT molecular complexity index is 1090. The van der Waals surface area contributed by atoms with Crippen LogP contribution >= 0.6 is 0 Å². The highest BCUT2D eigenvalue weighted by Gasteiger charge is 2.12. The number of pyridine rings is 1. The van der Waals surface area contributed by atoms with Gasteiger partial charge in [0.1, 0.15) is 17.0 Å². The number of aryl methyl sites for hydroxylation is 1. The van der Waals surface area contributed by atoms with Crippen molar-refractivity contribution in [3.63, 3.8) is 0 Å². The molecule has 1 aromatic heterocycles. The monoisotopic (exact) mass is 475 g/mol. The number of carbonyl (C=O) groups is 2. The first-order chi connectivity index (χ1) is 17.1. The molecule has 0 aliphatic carbocycles. The van der Waals surface area contributed by atoms with Crippen LogP contribution in [0.15, 0.2) is 54.6 Å². The van der Waals surface area contributed by atoms with Crippen molar-refractivity contribution in [3.05, 3.63) is 71.4 Å². The van der Waals surface area contributed by atoms with Crippen molar-refractivity contribution >= 4 is 22.7 Å². The van der Waals surface area contributed by atoms with E-state index in [1.807, 2.05) is 30.3 Å². The van der Waals surface area contributed by atoms with Crippen molar-refractivity contribution in [3.8, 4) is 5.75 Å². The first-order valence-corrected chi connectivity index (χ1v) is 13.0. The van der Waals surface area contributed by atoms with Crippen LogP contribution < -0.4 is 4.74 Å². The zero-order valence-electron chi connectivity index (χ0n) is 20.8. The van der Waals surface area contributed by atoms with E-state index in [0.717, 1.165) is 11.8 Å². The fourth-order valence-corrected chi connectivity index (χ4v) is 4.26. The second-order valence-corrected chi connectivity index (χ2v) is 9.17. The van der Waals surface area contributed by atoms with Crippen LogP contribution in [0.3, 0.4) is 0 Å². The Morgan fingerprint density at radius 3 is 2.11 bits per heavy atom. The molecule has 0 spiro atoms. The van der Waals surface area contributed by atoms with Gasteiger partial charge < -0.3 is 9.84 Å². The average Bonchev–Trinajstić information content (AvgIpc) is 2.88. The third-order valence-corrected chi connectivity index (χ3v) is 6.36. The Labute approximate surface area is 208 Å². The van der Waals surface area contributed by atoms with Gasteiger partial charge in [-0.15, -0.1) is 0 Å². The lowest BCUT2D eigenvalue weighted by molar-refractivity contribution is 0.0690. The number of carboxylic acids is 1. The number of unbranched alkanes of at least 4 members (excludes halogenated alkanes) is 9. The van der Waals surface area contributed by atoms with Crippen LogP contribution in [0.1, 0.15) is 97.5 Å². The molecular weight excluding hydrogens is 438 g/mol. The molecule has 0 aliphatic rings. The summed E-state index contributed by atoms with van der Waals surface area (Å²) in [4.78, 5) is 28.1. The van der Waals surface area contributed by atoms with Gasteiger partial charge in [-0.05, 0) is 30.5 Å². The lowest BCUT2D eigenvalue weighted by Gasteiger charge is -2.09. The van der Waals surface area contributed by atoms with Gasteiger partial charge in [-0.3, -0.25) is 4.79 Å². The molecule has 0 atom stereocenters. The zero-order valence-corrected chi connectivity index (χ0v) is 20.8. The molecule has 3 aromatic rings. The zero-order chi connectivity index (χ0) is 24.9. The van der Waals surface area contributed by atoms with Crippen LogP contribution in [0.2, 0.25) is 0 Å². The summed E-state index contributed by atoms with van der Waals surface area (Å²) in [5.41, 5.74) is 2.24. The van der Waals surface area contributed by atoms with Gasteiger partial charge in [-0.25, -0.2) is 9.78 Å². The van der Waals surface area contributed by atoms with Crippen LogP contribution in [0.4, 0.5) is 0 Å². The molecule has 2 aromatic carbocycles. The molecule has 0 saturated heterocycles. The summed E-state index contributed by atoms with van der Waals surface area (Å²) >= 11 is 0. The minimum atomic E-state index is -1.10. The number of Topliss-reactive ketones (excluding diaryl/α,β-unsaturated/α-hetero) is 1. The van der Waals surface area contributed by atoms with E-state index in [0.29, 0.717) is 16.8 Å². The van der Waals surface area contributed by atoms with Crippen molar-refractivity contribution in [2.45, 2.75) is 77.6 Å². The van der Waals surface area contributed by atoms with Crippen LogP contribution in [-0.2, 0) is 6.42 Å². The molecule has 5 heteroatoms. The van der Waals surface area contributed by atoms with Crippen LogP contribution in [0, 0.1) is 0 Å². The predicted octanol–water partition coefficient (Wildman–Crippen LogP) is 7.66. The minimum absolute atomic E-state index is 0.0575. The number of para-hydroxylation sites is 1. The summed E-state index contributed by atoms with van der Waals surface area (Å²) in [5, 5.41) is 9.96. The van der Waals surface area contributed by atoms with E-state index in [9.17, 15) is 14.7 Å². The normalized spacial score (nSPS) is 11.0. The van der Waals surface area contributed by atoms with Gasteiger partial charge >= 0.3 is 5.97 Å². The first kappa shape index (κ1) is 26.4. The summed E-state index contributed by atoms with van der Waals surface area (Å²) in [6, 6.07) is 16.2. The number of aromatic nitrogens is 1. The molecule has 0 saturated carbocycles. The number of carbonyl (C=O) groups excluding carboxylic acids is 1. The number of carboxylic acid groups (broad SMARTS) is 1. The van der Waals surface area contributed by atoms with Gasteiger partial charge in [0, 0.05) is 10.9 Å². The molecular formula is C30H37NO4. The van der Waals surface area contributed by atoms with Gasteiger partial charge in [-0.1, -0.05) is 107 Å². The molecule has 186 valence electrons. The summed E-state index contributed by atoms with van der Waals surface area (Å²) in [6.45, 7) is 2.13. The lowest BCUT2D eigenvalue weighted by Crippen LogP contribution is -2.12. The maximum atomic E-state index is 12.6. The largest absolute Gasteiger partial charge is 0.483 e. The average molecular weight is 476 g/mol. The number of nitrogens with zero attached hydrogens (tertiary/aromatic N) is 1. The Morgan fingerprint density at radius 1 is 0.800 bits per heavy atom. The quantitative estimate of drug-likeness (QED) is 0.170. The number of hydrogen-bond acceptors (Lipinski definition) is 4. The van der Waals surface area contributed by atoms with E-state index in [1.165, 1.54) is 75.8 Å². The van der Waals surface area contributed by atoms with Crippen molar-refractivity contribution in [2.75, 3.05) is 6.61 Å². The molecule has 0 aliphatic heterocycles. The molecule has 0 radical (unpaired) electrons. The summed E-state index contributed by atoms with van der Waals surface area (Å²) in [7, 11) is 0. The van der Waals surface area contributed by atoms with Gasteiger partial charge in [0.2, 0.25) is 0 Å². The third-order valence-electron chi connectivity index (χ3n) is 6.36. The number of benzene rings is 2. The smallest absolute Gasteiger partial charge is 0.354 e. The van der Waals surface area contributed by atoms with Crippen molar-refractivity contribution in [2.24, 2.45) is 0 Å². The highest BCUT2D eigenvalue weighted by atomic mass is 16.5. The Hall–Kier alpha value is -3.21. The van der Waals surface area contributed by atoms with Crippen LogP contribution in [-0.4, -0.2) is 28.4 Å². The van der Waals surface area contributed by atoms with Crippen LogP contribution in [0.25, 0.3) is 10.9 Å². The molecule has 3 rings (SSSR count). The fraction of sp³-hybridized carbons (Fsp3) is 0.433. The molecule has 0 amide bonds. The van der Waals surface area contributed by atoms with E-state index in [-0.39, 0.29) is 18.1 Å². The summed E-state index contributed by atoms with van der Waals surface area (Å²) < 4.78 is 5.73. The molecule has 0 fully saturated rings. The number of hydrogen-bond donors (Lipinski definition) is 1. The van der Waals surface area contributed by atoms with Crippen molar-refractivity contribution < 1.29 is 19.4 Å². The van der Waals surface area contributed by atoms with Gasteiger partial charge in [-0.2, -0.15) is 0 Å². The molecule has 1 N–H and O–H groups in total. The Morgan fingerprint density at radius 2 is 1.46 bits per heavy atom. The maximum absolute atomic E-state index is 12.6. The number of ether oxygens (including phenoxy) is 1. The number of aromatic carboxylic acids is 1. The number of ketones is 1. The van der Waals surface area contributed by atoms with E-state index in [1.54, 1.807) is 18.2 Å². The summed E-state index contributed by atoms with van der Waals surface area (Å²) in [5.74, 6) is -0.825. The highest BCUT2D eigenvalue weighted by Crippen LogP contribution is 2.24. The molecule has 5 nitrogen and oxygen atoms in total. The fourth-order valence-electron chi connectivity index (χ4n) is 4.26. The van der Waals surface area contributed by atoms with E-state index < -0.39 is 5.97 Å². The highest BCUT2D eigenvalue weighted by molar-refractivity contribution is 5.97. The number of rotatable bonds is 16. The van der Waals surface area contributed by atoms with Crippen LogP contribution in [0.5, 0.6) is 5.75 Å². The Balaban J connectivity index is 1.41. The predicted molar refractivity (Wildman–Crippen MR) is 141 cm³/mol. The SMILES string of the molecule is CCCCCCCCCCCCc1ccc(C(=O)COc2cccc3ccc(C(=O)O)nc23)cc1. The molecule has 35 heavy (non-hydrogen) atoms. The summed E-state index contributed by atoms with van der Waals surface area (Å²) in [6.07, 6.45) is 14.3. The second kappa shape index (κ2) is 14.2. The standard InChI is InChI=1S/C30H37NO4/c1-2-3-4-5-6-7-8-9-10-11-13-23-16-18-24(19-17-23)27(32)22-35-28-15-12-14-25-20-21-26(30(33)34)31-29(25)28/h12,14-21H,2-11,13,22H2,1H3,(H,33,34). The molecule has 1 heterocycles. The molecule has 0 unspecified atom stereocenters. The van der Waals surface area contributed by atoms with Gasteiger partial charge in [0.05, 0.1) is 0 Å². The van der Waals surface area contributed by atoms with Crippen molar-refractivity contribution in [1.29, 1.82) is 0 Å². The Kier molecular flexibility index (Phi) is 10.7. The van der Waals surface area contributed by atoms with Gasteiger partial charge in [0.25, 0.3) is 0 Å². The van der Waals surface area contributed by atoms with Crippen molar-refractivity contribution in [1.82, 2.24) is 4.98 Å². The van der Waals surface area contributed by atoms with Gasteiger partial charge in [0.15, 0.2) is 12.4 Å². The molecule has 0 bridgehead atoms. The second-order valence-electron chi connectivity index (χ2n) is 9.17. The topological polar surface area (TPSA) is 76.5 Å². The van der Waals surface area contributed by atoms with E-state index in [4.69, 9.17) is 4.74 Å². The van der Waals surface area contributed by atoms with E-state index >= 15 is 0 Å². The minimum Gasteiger partial charge on any atom is -0.483 e. The van der Waals surface area contributed by atoms with E-state index in [2.05, 4.69) is 11.9 Å².